The number of fused-ring (bicyclic) bond motifs is 1. The standard InChI is InChI=1S/C13H13ClO2/c1-15-12-7-13(16-2)11(8-14)9-5-3-4-6-10(9)12/h3-7H,8H2,1-2H3. The highest BCUT2D eigenvalue weighted by atomic mass is 35.5. The average Bonchev–Trinajstić information content (AvgIpc) is 2.36. The van der Waals surface area contributed by atoms with Gasteiger partial charge in [0.2, 0.25) is 0 Å². The van der Waals surface area contributed by atoms with Gasteiger partial charge in [-0.1, -0.05) is 24.3 Å². The Kier molecular flexibility index (Phi) is 3.20. The molecule has 0 aliphatic heterocycles. The monoisotopic (exact) mass is 236 g/mol. The molecule has 0 saturated carbocycles. The lowest BCUT2D eigenvalue weighted by atomic mass is 10.0. The van der Waals surface area contributed by atoms with Crippen molar-refractivity contribution < 1.29 is 9.47 Å². The number of benzene rings is 2. The number of methoxy groups -OCH3 is 2. The zero-order valence-electron chi connectivity index (χ0n) is 9.29. The number of halogens is 1. The highest BCUT2D eigenvalue weighted by Gasteiger charge is 2.11. The maximum Gasteiger partial charge on any atom is 0.130 e. The van der Waals surface area contributed by atoms with E-state index in [-0.39, 0.29) is 0 Å². The Morgan fingerprint density at radius 3 is 2.19 bits per heavy atom. The summed E-state index contributed by atoms with van der Waals surface area (Å²) in [7, 11) is 3.29. The molecule has 2 aromatic carbocycles. The molecule has 84 valence electrons. The van der Waals surface area contributed by atoms with Crippen molar-refractivity contribution in [2.24, 2.45) is 0 Å². The molecule has 0 atom stereocenters. The minimum Gasteiger partial charge on any atom is -0.496 e. The first kappa shape index (κ1) is 11.1. The van der Waals surface area contributed by atoms with Gasteiger partial charge in [-0.05, 0) is 5.39 Å². The molecule has 3 heteroatoms. The van der Waals surface area contributed by atoms with Crippen molar-refractivity contribution in [2.45, 2.75) is 5.88 Å². The summed E-state index contributed by atoms with van der Waals surface area (Å²) in [6, 6.07) is 9.88. The van der Waals surface area contributed by atoms with E-state index in [0.717, 1.165) is 27.8 Å². The third-order valence-corrected chi connectivity index (χ3v) is 2.92. The van der Waals surface area contributed by atoms with Crippen LogP contribution in [0.2, 0.25) is 0 Å². The maximum atomic E-state index is 5.96. The van der Waals surface area contributed by atoms with Gasteiger partial charge in [0.25, 0.3) is 0 Å². The van der Waals surface area contributed by atoms with E-state index in [9.17, 15) is 0 Å². The third-order valence-electron chi connectivity index (χ3n) is 2.65. The highest BCUT2D eigenvalue weighted by molar-refractivity contribution is 6.18. The Balaban J connectivity index is 2.83. The summed E-state index contributed by atoms with van der Waals surface area (Å²) in [5.41, 5.74) is 1.00. The van der Waals surface area contributed by atoms with Gasteiger partial charge in [-0.3, -0.25) is 0 Å². The Labute approximate surface area is 99.7 Å². The zero-order chi connectivity index (χ0) is 11.5. The second-order valence-electron chi connectivity index (χ2n) is 3.44. The summed E-state index contributed by atoms with van der Waals surface area (Å²) in [5.74, 6) is 2.00. The van der Waals surface area contributed by atoms with Crippen LogP contribution in [0.5, 0.6) is 11.5 Å². The molecule has 2 nitrogen and oxygen atoms in total. The predicted molar refractivity (Wildman–Crippen MR) is 66.6 cm³/mol. The van der Waals surface area contributed by atoms with E-state index in [1.54, 1.807) is 14.2 Å². The lowest BCUT2D eigenvalue weighted by Crippen LogP contribution is -1.94. The van der Waals surface area contributed by atoms with Gasteiger partial charge >= 0.3 is 0 Å². The first-order chi connectivity index (χ1) is 7.81. The lowest BCUT2D eigenvalue weighted by Gasteiger charge is -2.13. The summed E-state index contributed by atoms with van der Waals surface area (Å²) in [5, 5.41) is 2.13. The maximum absolute atomic E-state index is 5.96. The molecular formula is C13H13ClO2. The van der Waals surface area contributed by atoms with E-state index in [1.807, 2.05) is 30.3 Å². The van der Waals surface area contributed by atoms with Gasteiger partial charge in [-0.25, -0.2) is 0 Å². The number of hydrogen-bond donors (Lipinski definition) is 0. The van der Waals surface area contributed by atoms with Crippen molar-refractivity contribution >= 4 is 22.4 Å². The molecule has 0 heterocycles. The van der Waals surface area contributed by atoms with Crippen molar-refractivity contribution in [3.63, 3.8) is 0 Å². The molecule has 0 bridgehead atoms. The smallest absolute Gasteiger partial charge is 0.130 e. The van der Waals surface area contributed by atoms with E-state index in [4.69, 9.17) is 21.1 Å². The van der Waals surface area contributed by atoms with E-state index in [0.29, 0.717) is 5.88 Å². The van der Waals surface area contributed by atoms with Crippen LogP contribution < -0.4 is 9.47 Å². The number of hydrogen-bond acceptors (Lipinski definition) is 2. The van der Waals surface area contributed by atoms with Crippen molar-refractivity contribution in [1.29, 1.82) is 0 Å². The Bertz CT molecular complexity index is 509. The van der Waals surface area contributed by atoms with Crippen LogP contribution in [0.25, 0.3) is 10.8 Å². The van der Waals surface area contributed by atoms with Gasteiger partial charge in [-0.15, -0.1) is 11.6 Å². The summed E-state index contributed by atoms with van der Waals surface area (Å²) in [6.45, 7) is 0. The number of alkyl halides is 1. The fourth-order valence-electron chi connectivity index (χ4n) is 1.87. The lowest BCUT2D eigenvalue weighted by molar-refractivity contribution is 0.395. The molecule has 0 aliphatic carbocycles. The number of rotatable bonds is 3. The molecular weight excluding hydrogens is 224 g/mol. The Morgan fingerprint density at radius 2 is 1.62 bits per heavy atom. The molecule has 0 saturated heterocycles. The second kappa shape index (κ2) is 4.62. The summed E-state index contributed by atoms with van der Waals surface area (Å²) < 4.78 is 10.7. The number of ether oxygens (including phenoxy) is 2. The molecule has 0 fully saturated rings. The topological polar surface area (TPSA) is 18.5 Å². The predicted octanol–water partition coefficient (Wildman–Crippen LogP) is 3.60. The van der Waals surface area contributed by atoms with Gasteiger partial charge in [-0.2, -0.15) is 0 Å². The first-order valence-electron chi connectivity index (χ1n) is 5.00. The van der Waals surface area contributed by atoms with Gasteiger partial charge in [0.05, 0.1) is 20.1 Å². The second-order valence-corrected chi connectivity index (χ2v) is 3.71. The summed E-state index contributed by atoms with van der Waals surface area (Å²) in [4.78, 5) is 0. The Hall–Kier alpha value is -1.41. The van der Waals surface area contributed by atoms with Crippen LogP contribution in [0, 0.1) is 0 Å². The van der Waals surface area contributed by atoms with Gasteiger partial charge < -0.3 is 9.47 Å². The van der Waals surface area contributed by atoms with Crippen LogP contribution in [0.15, 0.2) is 30.3 Å². The molecule has 0 N–H and O–H groups in total. The molecule has 16 heavy (non-hydrogen) atoms. The van der Waals surface area contributed by atoms with Crippen LogP contribution in [-0.4, -0.2) is 14.2 Å². The van der Waals surface area contributed by atoms with E-state index >= 15 is 0 Å². The summed E-state index contributed by atoms with van der Waals surface area (Å²) in [6.07, 6.45) is 0. The minimum atomic E-state index is 0.424. The quantitative estimate of drug-likeness (QED) is 0.759. The first-order valence-corrected chi connectivity index (χ1v) is 5.53. The van der Waals surface area contributed by atoms with Gasteiger partial charge in [0.15, 0.2) is 0 Å². The van der Waals surface area contributed by atoms with Crippen LogP contribution >= 0.6 is 11.6 Å². The average molecular weight is 237 g/mol. The van der Waals surface area contributed by atoms with E-state index < -0.39 is 0 Å². The Morgan fingerprint density at radius 1 is 1.00 bits per heavy atom. The molecule has 0 aliphatic rings. The molecule has 0 aromatic heterocycles. The molecule has 0 amide bonds. The summed E-state index contributed by atoms with van der Waals surface area (Å²) >= 11 is 5.96. The molecule has 2 aromatic rings. The molecule has 2 rings (SSSR count). The van der Waals surface area contributed by atoms with Gasteiger partial charge in [0, 0.05) is 17.0 Å². The van der Waals surface area contributed by atoms with Crippen molar-refractivity contribution in [2.75, 3.05) is 14.2 Å². The van der Waals surface area contributed by atoms with Crippen molar-refractivity contribution in [3.8, 4) is 11.5 Å². The van der Waals surface area contributed by atoms with Crippen LogP contribution in [0.1, 0.15) is 5.56 Å². The minimum absolute atomic E-state index is 0.424. The SMILES string of the molecule is COc1cc(OC)c2ccccc2c1CCl. The fourth-order valence-corrected chi connectivity index (χ4v) is 2.14. The molecule has 0 spiro atoms. The zero-order valence-corrected chi connectivity index (χ0v) is 10.0. The normalized spacial score (nSPS) is 10.4. The van der Waals surface area contributed by atoms with E-state index in [2.05, 4.69) is 0 Å². The fraction of sp³-hybridized carbons (Fsp3) is 0.231. The van der Waals surface area contributed by atoms with Crippen LogP contribution in [0.3, 0.4) is 0 Å². The van der Waals surface area contributed by atoms with E-state index in [1.165, 1.54) is 0 Å². The third kappa shape index (κ3) is 1.69. The largest absolute Gasteiger partial charge is 0.496 e. The van der Waals surface area contributed by atoms with Crippen molar-refractivity contribution in [3.05, 3.63) is 35.9 Å². The molecule has 0 unspecified atom stereocenters. The van der Waals surface area contributed by atoms with Crippen molar-refractivity contribution in [1.82, 2.24) is 0 Å². The molecule has 0 radical (unpaired) electrons. The van der Waals surface area contributed by atoms with Gasteiger partial charge in [0.1, 0.15) is 11.5 Å². The van der Waals surface area contributed by atoms with Crippen LogP contribution in [-0.2, 0) is 5.88 Å². The highest BCUT2D eigenvalue weighted by Crippen LogP contribution is 2.36. The van der Waals surface area contributed by atoms with Crippen LogP contribution in [0.4, 0.5) is 0 Å².